The molecule has 5 unspecified atom stereocenters. The molecule has 2 rings (SSSR count). The number of allylic oxidation sites excluding steroid dienone is 1. The van der Waals surface area contributed by atoms with E-state index in [0.29, 0.717) is 38.7 Å². The quantitative estimate of drug-likeness (QED) is 0.115. The van der Waals surface area contributed by atoms with E-state index in [4.69, 9.17) is 10.2 Å². The van der Waals surface area contributed by atoms with E-state index >= 15 is 0 Å². The maximum atomic E-state index is 13.3. The van der Waals surface area contributed by atoms with Gasteiger partial charge in [-0.25, -0.2) is 0 Å². The Hall–Kier alpha value is -0.120. The molecule has 0 radical (unpaired) electrons. The van der Waals surface area contributed by atoms with Gasteiger partial charge in [0.2, 0.25) is 11.8 Å². The van der Waals surface area contributed by atoms with Gasteiger partial charge in [-0.05, 0) is 70.5 Å². The average molecular weight is 819 g/mol. The number of carbonyl (C=O) groups is 3. The Bertz CT molecular complexity index is 855. The summed E-state index contributed by atoms with van der Waals surface area (Å²) < 4.78 is -0.531. The molecule has 1 saturated heterocycles. The number of rotatable bonds is 9. The molecule has 5 atom stereocenters. The fraction of sp³-hybridized carbons (Fsp3) is 0.650. The van der Waals surface area contributed by atoms with Crippen molar-refractivity contribution in [1.29, 1.82) is 0 Å². The molecule has 7 N–H and O–H groups in total. The first kappa shape index (κ1) is 30.1. The lowest BCUT2D eigenvalue weighted by Crippen LogP contribution is -2.55. The smallest absolute Gasteiger partial charge is 0.255 e. The second kappa shape index (κ2) is 13.4. The molecule has 1 aliphatic carbocycles. The number of hydrogen-bond donors (Lipinski definition) is 7. The first-order valence-electron chi connectivity index (χ1n) is 10.6. The molecule has 14 heteroatoms. The molecule has 0 spiro atoms. The maximum absolute atomic E-state index is 13.3. The van der Waals surface area contributed by atoms with Crippen molar-refractivity contribution in [3.63, 3.8) is 0 Å². The molecule has 1 aliphatic heterocycles. The van der Waals surface area contributed by atoms with Crippen molar-refractivity contribution in [1.82, 2.24) is 15.5 Å². The standard InChI is InChI=1S/C20H28I3N3O8/c21-12-5-20(23,19(34)25-7-11(30)9-28)14(17(32)24-6-10(29)8-27)15(22)16(12)26-4-2-1-3-13(31)18(26)33/h5,10-11,13-14,27-31H,1-4,6-9H2,(H,24,32)(H,25,34). The van der Waals surface area contributed by atoms with Crippen LogP contribution in [0.25, 0.3) is 0 Å². The second-order valence-corrected chi connectivity index (χ2v) is 12.1. The average Bonchev–Trinajstić information content (AvgIpc) is 2.96. The summed E-state index contributed by atoms with van der Waals surface area (Å²) in [7, 11) is 0. The number of likely N-dealkylation sites (tertiary alicyclic amines) is 1. The minimum absolute atomic E-state index is 0.230. The highest BCUT2D eigenvalue weighted by Crippen LogP contribution is 2.48. The van der Waals surface area contributed by atoms with Gasteiger partial charge in [0.25, 0.3) is 5.91 Å². The molecule has 0 aromatic carbocycles. The molecule has 0 aromatic heterocycles. The normalized spacial score (nSPS) is 27.6. The van der Waals surface area contributed by atoms with Crippen LogP contribution in [0, 0.1) is 5.92 Å². The van der Waals surface area contributed by atoms with E-state index in [2.05, 4.69) is 10.6 Å². The molecule has 1 fully saturated rings. The van der Waals surface area contributed by atoms with Crippen LogP contribution in [0.3, 0.4) is 0 Å². The molecule has 0 saturated carbocycles. The van der Waals surface area contributed by atoms with E-state index in [0.717, 1.165) is 0 Å². The van der Waals surface area contributed by atoms with Gasteiger partial charge < -0.3 is 41.1 Å². The topological polar surface area (TPSA) is 180 Å². The van der Waals surface area contributed by atoms with Crippen LogP contribution in [-0.4, -0.2) is 103 Å². The zero-order valence-electron chi connectivity index (χ0n) is 18.1. The number of carbonyl (C=O) groups excluding carboxylic acids is 3. The van der Waals surface area contributed by atoms with E-state index in [1.54, 1.807) is 6.08 Å². The Labute approximate surface area is 237 Å². The van der Waals surface area contributed by atoms with Gasteiger partial charge in [0, 0.05) is 26.8 Å². The van der Waals surface area contributed by atoms with Gasteiger partial charge >= 0.3 is 0 Å². The highest BCUT2D eigenvalue weighted by atomic mass is 127. The molecule has 11 nitrogen and oxygen atoms in total. The van der Waals surface area contributed by atoms with Crippen LogP contribution in [0.1, 0.15) is 19.3 Å². The minimum atomic E-state index is -1.47. The van der Waals surface area contributed by atoms with Crippen LogP contribution >= 0.6 is 67.8 Å². The highest BCUT2D eigenvalue weighted by molar-refractivity contribution is 14.1. The lowest BCUT2D eigenvalue weighted by Gasteiger charge is -2.39. The van der Waals surface area contributed by atoms with Crippen molar-refractivity contribution in [2.45, 2.75) is 41.0 Å². The third kappa shape index (κ3) is 7.00. The molecule has 0 bridgehead atoms. The van der Waals surface area contributed by atoms with Gasteiger partial charge in [0.05, 0.1) is 37.0 Å². The van der Waals surface area contributed by atoms with Crippen molar-refractivity contribution in [2.75, 3.05) is 32.8 Å². The predicted molar refractivity (Wildman–Crippen MR) is 147 cm³/mol. The van der Waals surface area contributed by atoms with Crippen molar-refractivity contribution in [2.24, 2.45) is 5.92 Å². The largest absolute Gasteiger partial charge is 0.394 e. The number of halogens is 3. The van der Waals surface area contributed by atoms with Crippen LogP contribution in [0.2, 0.25) is 0 Å². The van der Waals surface area contributed by atoms with Crippen molar-refractivity contribution in [3.05, 3.63) is 18.9 Å². The van der Waals surface area contributed by atoms with Crippen LogP contribution < -0.4 is 10.6 Å². The van der Waals surface area contributed by atoms with Gasteiger partial charge in [-0.2, -0.15) is 0 Å². The summed E-state index contributed by atoms with van der Waals surface area (Å²) in [4.78, 5) is 40.8. The van der Waals surface area contributed by atoms with Crippen molar-refractivity contribution < 1.29 is 39.9 Å². The first-order chi connectivity index (χ1) is 16.0. The summed E-state index contributed by atoms with van der Waals surface area (Å²) in [5.74, 6) is -2.79. The van der Waals surface area contributed by atoms with E-state index in [1.165, 1.54) is 4.90 Å². The van der Waals surface area contributed by atoms with Gasteiger partial charge in [-0.15, -0.1) is 0 Å². The lowest BCUT2D eigenvalue weighted by molar-refractivity contribution is -0.137. The van der Waals surface area contributed by atoms with Gasteiger partial charge in [0.15, 0.2) is 0 Å². The molecule has 34 heavy (non-hydrogen) atoms. The van der Waals surface area contributed by atoms with E-state index in [9.17, 15) is 29.7 Å². The Balaban J connectivity index is 2.50. The Morgan fingerprint density at radius 2 is 1.71 bits per heavy atom. The Morgan fingerprint density at radius 3 is 2.29 bits per heavy atom. The summed E-state index contributed by atoms with van der Waals surface area (Å²) in [6.45, 7) is -1.24. The number of alkyl halides is 1. The summed E-state index contributed by atoms with van der Waals surface area (Å²) in [5.41, 5.74) is 0.436. The van der Waals surface area contributed by atoms with Crippen molar-refractivity contribution in [3.8, 4) is 0 Å². The molecule has 0 aromatic rings. The third-order valence-electron chi connectivity index (χ3n) is 5.43. The van der Waals surface area contributed by atoms with Gasteiger partial charge in [0.1, 0.15) is 9.53 Å². The van der Waals surface area contributed by atoms with E-state index in [-0.39, 0.29) is 13.1 Å². The van der Waals surface area contributed by atoms with Crippen molar-refractivity contribution >= 4 is 85.5 Å². The number of aliphatic hydroxyl groups is 5. The Kier molecular flexibility index (Phi) is 11.9. The van der Waals surface area contributed by atoms with Crippen LogP contribution in [0.15, 0.2) is 18.9 Å². The fourth-order valence-corrected chi connectivity index (χ4v) is 8.80. The summed E-state index contributed by atoms with van der Waals surface area (Å²) >= 11 is 5.76. The monoisotopic (exact) mass is 819 g/mol. The zero-order chi connectivity index (χ0) is 25.6. The zero-order valence-corrected chi connectivity index (χ0v) is 24.6. The first-order valence-corrected chi connectivity index (χ1v) is 13.8. The molecule has 3 amide bonds. The summed E-state index contributed by atoms with van der Waals surface area (Å²) in [6.07, 6.45) is -0.299. The fourth-order valence-electron chi connectivity index (χ4n) is 3.57. The van der Waals surface area contributed by atoms with Crippen LogP contribution in [0.4, 0.5) is 0 Å². The van der Waals surface area contributed by atoms with E-state index < -0.39 is 58.6 Å². The number of amides is 3. The molecular formula is C20H28I3N3O8. The minimum Gasteiger partial charge on any atom is -0.394 e. The van der Waals surface area contributed by atoms with E-state index in [1.807, 2.05) is 67.8 Å². The van der Waals surface area contributed by atoms with Gasteiger partial charge in [-0.3, -0.25) is 14.4 Å². The van der Waals surface area contributed by atoms with Gasteiger partial charge in [-0.1, -0.05) is 22.6 Å². The Morgan fingerprint density at radius 1 is 1.12 bits per heavy atom. The third-order valence-corrected chi connectivity index (χ3v) is 8.82. The number of aliphatic hydroxyl groups excluding tert-OH is 5. The second-order valence-electron chi connectivity index (χ2n) is 8.02. The lowest BCUT2D eigenvalue weighted by atomic mass is 9.85. The number of nitrogens with one attached hydrogen (secondary N) is 2. The molecule has 2 aliphatic rings. The highest BCUT2D eigenvalue weighted by Gasteiger charge is 2.52. The number of nitrogens with zero attached hydrogens (tertiary/aromatic N) is 1. The predicted octanol–water partition coefficient (Wildman–Crippen LogP) is -0.932. The van der Waals surface area contributed by atoms with Crippen LogP contribution in [0.5, 0.6) is 0 Å². The summed E-state index contributed by atoms with van der Waals surface area (Å²) in [6, 6.07) is 0. The summed E-state index contributed by atoms with van der Waals surface area (Å²) in [5, 5.41) is 52.8. The molecular weight excluding hydrogens is 791 g/mol. The van der Waals surface area contributed by atoms with Crippen LogP contribution in [-0.2, 0) is 14.4 Å². The molecule has 192 valence electrons. The maximum Gasteiger partial charge on any atom is 0.255 e. The SMILES string of the molecule is O=C(NCC(O)CO)C1C(I)=C(N2CCCCC(O)C2=O)C(I)=CC1(I)C(=O)NCC(O)CO. The molecule has 1 heterocycles. The number of hydrogen-bond acceptors (Lipinski definition) is 8.